The second kappa shape index (κ2) is 18.9. The summed E-state index contributed by atoms with van der Waals surface area (Å²) in [6, 6.07) is 20.4. The van der Waals surface area contributed by atoms with Gasteiger partial charge in [0.05, 0.1) is 12.2 Å². The summed E-state index contributed by atoms with van der Waals surface area (Å²) in [6.45, 7) is 21.2. The molecule has 0 heterocycles. The van der Waals surface area contributed by atoms with Crippen molar-refractivity contribution in [3.63, 3.8) is 0 Å². The highest BCUT2D eigenvalue weighted by atomic mass is 16.3. The Hall–Kier alpha value is -2.41. The number of carbonyl (C=O) groups is 1. The van der Waals surface area contributed by atoms with Crippen LogP contribution in [0.5, 0.6) is 0 Å². The van der Waals surface area contributed by atoms with Gasteiger partial charge < -0.3 is 25.7 Å². The maximum Gasteiger partial charge on any atom is 0.317 e. The third kappa shape index (κ3) is 17.2. The van der Waals surface area contributed by atoms with E-state index in [0.29, 0.717) is 31.5 Å². The number of carbonyl (C=O) groups excluding carboxylic acids is 1. The fourth-order valence-corrected chi connectivity index (χ4v) is 4.45. The van der Waals surface area contributed by atoms with Gasteiger partial charge in [0.1, 0.15) is 0 Å². The lowest BCUT2D eigenvalue weighted by Crippen LogP contribution is -2.52. The van der Waals surface area contributed by atoms with Crippen LogP contribution in [0.25, 0.3) is 0 Å². The first-order valence-electron chi connectivity index (χ1n) is 15.4. The highest BCUT2D eigenvalue weighted by molar-refractivity contribution is 5.75. The highest BCUT2D eigenvalue weighted by Crippen LogP contribution is 2.15. The lowest BCUT2D eigenvalue weighted by Gasteiger charge is -2.32. The number of urea groups is 1. The maximum absolute atomic E-state index is 12.5. The third-order valence-electron chi connectivity index (χ3n) is 6.78. The Morgan fingerprint density at radius 2 is 1.17 bits per heavy atom. The van der Waals surface area contributed by atoms with E-state index in [4.69, 9.17) is 0 Å². The molecular weight excluding hydrogens is 510 g/mol. The molecule has 6 nitrogen and oxygen atoms in total. The number of benzene rings is 2. The molecule has 0 unspecified atom stereocenters. The van der Waals surface area contributed by atoms with Gasteiger partial charge in [0.25, 0.3) is 0 Å². The van der Waals surface area contributed by atoms with E-state index in [2.05, 4.69) is 69.5 Å². The van der Waals surface area contributed by atoms with Crippen LogP contribution >= 0.6 is 0 Å². The van der Waals surface area contributed by atoms with Crippen LogP contribution in [-0.2, 0) is 12.8 Å². The maximum atomic E-state index is 12.5. The van der Waals surface area contributed by atoms with Crippen molar-refractivity contribution in [2.45, 2.75) is 92.9 Å². The number of amides is 2. The van der Waals surface area contributed by atoms with Gasteiger partial charge >= 0.3 is 6.03 Å². The molecule has 41 heavy (non-hydrogen) atoms. The zero-order valence-corrected chi connectivity index (χ0v) is 27.2. The number of aliphatic hydroxyl groups excluding tert-OH is 2. The van der Waals surface area contributed by atoms with E-state index in [1.165, 1.54) is 11.1 Å². The zero-order chi connectivity index (χ0) is 31.0. The average Bonchev–Trinajstić information content (AvgIpc) is 2.88. The number of hydrogen-bond donors (Lipinski definition) is 4. The topological polar surface area (TPSA) is 84.8 Å². The lowest BCUT2D eigenvalue weighted by atomic mass is 9.95. The van der Waals surface area contributed by atoms with Crippen LogP contribution in [0.3, 0.4) is 0 Å². The number of aliphatic hydroxyl groups is 2. The van der Waals surface area contributed by atoms with E-state index < -0.39 is 6.10 Å². The van der Waals surface area contributed by atoms with E-state index >= 15 is 0 Å². The number of nitrogens with one attached hydrogen (secondary N) is 2. The minimum absolute atomic E-state index is 0.0875. The second-order valence-electron chi connectivity index (χ2n) is 13.5. The van der Waals surface area contributed by atoms with E-state index in [1.807, 2.05) is 64.1 Å². The summed E-state index contributed by atoms with van der Waals surface area (Å²) >= 11 is 0. The van der Waals surface area contributed by atoms with Gasteiger partial charge in [0, 0.05) is 25.2 Å². The molecule has 0 bridgehead atoms. The van der Waals surface area contributed by atoms with Crippen molar-refractivity contribution in [3.05, 3.63) is 71.8 Å². The first kappa shape index (κ1) is 36.6. The highest BCUT2D eigenvalue weighted by Gasteiger charge is 2.25. The predicted octanol–water partition coefficient (Wildman–Crippen LogP) is 6.16. The van der Waals surface area contributed by atoms with E-state index in [-0.39, 0.29) is 29.5 Å². The number of nitrogens with zero attached hydrogens (tertiary/aromatic N) is 1. The molecule has 2 aromatic carbocycles. The van der Waals surface area contributed by atoms with Crippen LogP contribution in [0.4, 0.5) is 4.79 Å². The van der Waals surface area contributed by atoms with Crippen LogP contribution in [-0.4, -0.2) is 65.1 Å². The molecule has 0 radical (unpaired) electrons. The first-order chi connectivity index (χ1) is 19.2. The largest absolute Gasteiger partial charge is 0.392 e. The smallest absolute Gasteiger partial charge is 0.317 e. The first-order valence-corrected chi connectivity index (χ1v) is 15.4. The predicted molar refractivity (Wildman–Crippen MR) is 173 cm³/mol. The summed E-state index contributed by atoms with van der Waals surface area (Å²) in [4.78, 5) is 14.3. The summed E-state index contributed by atoms with van der Waals surface area (Å²) in [5, 5.41) is 26.9. The minimum Gasteiger partial charge on any atom is -0.392 e. The minimum atomic E-state index is -0.547. The molecule has 0 aliphatic rings. The van der Waals surface area contributed by atoms with Crippen molar-refractivity contribution < 1.29 is 15.0 Å². The Kier molecular flexibility index (Phi) is 16.9. The summed E-state index contributed by atoms with van der Waals surface area (Å²) in [6.07, 6.45) is 0.924. The van der Waals surface area contributed by atoms with Crippen molar-refractivity contribution in [2.75, 3.05) is 26.2 Å². The van der Waals surface area contributed by atoms with Crippen molar-refractivity contribution >= 4 is 6.03 Å². The SMILES string of the molecule is CC(C)CN(C[C@@H](O)[C@@H](C)Cc1ccccc1)C(=O)NC(C)(C)C.CC(C)CNC[C@@H](O)[C@@H](C)Cc1ccccc1. The molecule has 0 saturated carbocycles. The van der Waals surface area contributed by atoms with Gasteiger partial charge in [-0.1, -0.05) is 102 Å². The van der Waals surface area contributed by atoms with Gasteiger partial charge in [-0.15, -0.1) is 0 Å². The van der Waals surface area contributed by atoms with Gasteiger partial charge in [-0.05, 0) is 75.0 Å². The van der Waals surface area contributed by atoms with Gasteiger partial charge in [-0.2, -0.15) is 0 Å². The molecule has 4 atom stereocenters. The Bertz CT molecular complexity index is 944. The molecule has 232 valence electrons. The van der Waals surface area contributed by atoms with Crippen LogP contribution in [0.1, 0.15) is 73.4 Å². The van der Waals surface area contributed by atoms with E-state index in [0.717, 1.165) is 19.4 Å². The van der Waals surface area contributed by atoms with Gasteiger partial charge in [0.2, 0.25) is 0 Å². The molecule has 2 rings (SSSR count). The standard InChI is InChI=1S/C20H34N2O2.C15H25NO/c1-15(2)13-22(19(24)21-20(4,5)6)14-18(23)16(3)12-17-10-8-7-9-11-17;1-12(2)10-16-11-15(17)13(3)9-14-7-5-4-6-8-14/h7-11,15-16,18,23H,12-14H2,1-6H3,(H,21,24);4-8,12-13,15-17H,9-11H2,1-3H3/t16-,18+;13-,15+/m00/s1. The third-order valence-corrected chi connectivity index (χ3v) is 6.78. The molecule has 0 spiro atoms. The number of hydrogen-bond acceptors (Lipinski definition) is 4. The molecule has 4 N–H and O–H groups in total. The fourth-order valence-electron chi connectivity index (χ4n) is 4.45. The van der Waals surface area contributed by atoms with Crippen molar-refractivity contribution in [2.24, 2.45) is 23.7 Å². The molecule has 2 aromatic rings. The van der Waals surface area contributed by atoms with Gasteiger partial charge in [0.15, 0.2) is 0 Å². The van der Waals surface area contributed by atoms with Crippen molar-refractivity contribution in [3.8, 4) is 0 Å². The Morgan fingerprint density at radius 3 is 1.59 bits per heavy atom. The second-order valence-corrected chi connectivity index (χ2v) is 13.5. The normalized spacial score (nSPS) is 14.6. The molecule has 0 aromatic heterocycles. The zero-order valence-electron chi connectivity index (χ0n) is 27.2. The van der Waals surface area contributed by atoms with E-state index in [1.54, 1.807) is 4.90 Å². The summed E-state index contributed by atoms with van der Waals surface area (Å²) in [5.41, 5.74) is 2.22. The van der Waals surface area contributed by atoms with Gasteiger partial charge in [-0.25, -0.2) is 4.79 Å². The van der Waals surface area contributed by atoms with Crippen LogP contribution in [0, 0.1) is 23.7 Å². The van der Waals surface area contributed by atoms with Gasteiger partial charge in [-0.3, -0.25) is 0 Å². The molecule has 0 aliphatic heterocycles. The van der Waals surface area contributed by atoms with Crippen LogP contribution in [0.15, 0.2) is 60.7 Å². The van der Waals surface area contributed by atoms with Crippen molar-refractivity contribution in [1.82, 2.24) is 15.5 Å². The van der Waals surface area contributed by atoms with Crippen molar-refractivity contribution in [1.29, 1.82) is 0 Å². The van der Waals surface area contributed by atoms with Crippen LogP contribution < -0.4 is 10.6 Å². The summed E-state index contributed by atoms with van der Waals surface area (Å²) in [5.74, 6) is 1.36. The number of rotatable bonds is 14. The fraction of sp³-hybridized carbons (Fsp3) is 0.629. The molecule has 0 aliphatic carbocycles. The molecule has 2 amide bonds. The average molecular weight is 570 g/mol. The molecule has 0 saturated heterocycles. The monoisotopic (exact) mass is 569 g/mol. The summed E-state index contributed by atoms with van der Waals surface area (Å²) in [7, 11) is 0. The quantitative estimate of drug-likeness (QED) is 0.219. The van der Waals surface area contributed by atoms with Crippen LogP contribution in [0.2, 0.25) is 0 Å². The Morgan fingerprint density at radius 1 is 0.707 bits per heavy atom. The Labute approximate surface area is 250 Å². The van der Waals surface area contributed by atoms with E-state index in [9.17, 15) is 15.0 Å². The molecular formula is C35H59N3O3. The molecule has 0 fully saturated rings. The molecule has 6 heteroatoms. The Balaban J connectivity index is 0.000000435. The summed E-state index contributed by atoms with van der Waals surface area (Å²) < 4.78 is 0. The lowest BCUT2D eigenvalue weighted by molar-refractivity contribution is 0.0746.